The van der Waals surface area contributed by atoms with Gasteiger partial charge in [0.05, 0.1) is 0 Å². The van der Waals surface area contributed by atoms with Gasteiger partial charge < -0.3 is 10.4 Å². The van der Waals surface area contributed by atoms with Crippen LogP contribution in [-0.4, -0.2) is 23.7 Å². The van der Waals surface area contributed by atoms with E-state index in [9.17, 15) is 4.79 Å². The molecule has 2 atom stereocenters. The van der Waals surface area contributed by atoms with E-state index in [1.807, 2.05) is 0 Å². The Hall–Kier alpha value is -0.570. The fourth-order valence-corrected chi connectivity index (χ4v) is 0.887. The van der Waals surface area contributed by atoms with Crippen LogP contribution in [-0.2, 0) is 4.79 Å². The molecule has 0 aromatic rings. The lowest BCUT2D eigenvalue weighted by Crippen LogP contribution is -2.24. The molecule has 0 heterocycles. The van der Waals surface area contributed by atoms with Crippen molar-refractivity contribution in [1.29, 1.82) is 0 Å². The summed E-state index contributed by atoms with van der Waals surface area (Å²) in [5, 5.41) is 11.3. The van der Waals surface area contributed by atoms with Gasteiger partial charge >= 0.3 is 0 Å². The van der Waals surface area contributed by atoms with Crippen LogP contribution in [0.5, 0.6) is 0 Å². The predicted molar refractivity (Wildman–Crippen MR) is 32.8 cm³/mol. The summed E-state index contributed by atoms with van der Waals surface area (Å²) >= 11 is 0. The van der Waals surface area contributed by atoms with Crippen molar-refractivity contribution in [3.8, 4) is 0 Å². The Kier molecular flexibility index (Phi) is 1.71. The Balaban J connectivity index is 2.12. The van der Waals surface area contributed by atoms with Gasteiger partial charge in [-0.15, -0.1) is 0 Å². The molecular formula is C6H11NO2. The van der Waals surface area contributed by atoms with Crippen LogP contribution in [0.1, 0.15) is 13.3 Å². The molecule has 0 bridgehead atoms. The van der Waals surface area contributed by atoms with Crippen LogP contribution in [0.4, 0.5) is 0 Å². The average molecular weight is 129 g/mol. The largest absolute Gasteiger partial charge is 0.396 e. The number of aliphatic hydroxyl groups is 1. The molecule has 0 saturated heterocycles. The van der Waals surface area contributed by atoms with Gasteiger partial charge in [0.2, 0.25) is 5.91 Å². The average Bonchev–Trinajstić information content (AvgIpc) is 2.45. The topological polar surface area (TPSA) is 49.3 Å². The van der Waals surface area contributed by atoms with Crippen LogP contribution in [0.15, 0.2) is 0 Å². The van der Waals surface area contributed by atoms with Crippen molar-refractivity contribution in [3.05, 3.63) is 0 Å². The van der Waals surface area contributed by atoms with E-state index in [2.05, 4.69) is 5.32 Å². The summed E-state index contributed by atoms with van der Waals surface area (Å²) in [6.45, 7) is 1.69. The molecule has 1 amide bonds. The predicted octanol–water partition coefficient (Wildman–Crippen LogP) is -0.497. The first kappa shape index (κ1) is 6.55. The highest BCUT2D eigenvalue weighted by Gasteiger charge is 2.36. The zero-order chi connectivity index (χ0) is 6.85. The number of hydrogen-bond donors (Lipinski definition) is 2. The molecule has 1 aliphatic carbocycles. The standard InChI is InChI=1S/C6H11NO2/c1-4(9)7-6-2-5(6)3-8/h5-6,8H,2-3H2,1H3,(H,7,9). The normalized spacial score (nSPS) is 31.8. The SMILES string of the molecule is CC(=O)NC1CC1CO. The highest BCUT2D eigenvalue weighted by molar-refractivity contribution is 5.73. The van der Waals surface area contributed by atoms with E-state index < -0.39 is 0 Å². The summed E-state index contributed by atoms with van der Waals surface area (Å²) in [5.74, 6) is 0.324. The van der Waals surface area contributed by atoms with Crippen molar-refractivity contribution in [2.75, 3.05) is 6.61 Å². The summed E-state index contributed by atoms with van der Waals surface area (Å²) in [4.78, 5) is 10.4. The fraction of sp³-hybridized carbons (Fsp3) is 0.833. The zero-order valence-corrected chi connectivity index (χ0v) is 5.42. The summed E-state index contributed by atoms with van der Waals surface area (Å²) in [6, 6.07) is 0.257. The molecule has 1 aliphatic rings. The van der Waals surface area contributed by atoms with Gasteiger partial charge in [-0.2, -0.15) is 0 Å². The monoisotopic (exact) mass is 129 g/mol. The molecule has 3 nitrogen and oxygen atoms in total. The van der Waals surface area contributed by atoms with Gasteiger partial charge in [0, 0.05) is 25.5 Å². The molecular weight excluding hydrogens is 118 g/mol. The highest BCUT2D eigenvalue weighted by atomic mass is 16.3. The quantitative estimate of drug-likeness (QED) is 0.528. The lowest BCUT2D eigenvalue weighted by atomic mass is 10.4. The van der Waals surface area contributed by atoms with Gasteiger partial charge in [0.1, 0.15) is 0 Å². The molecule has 0 aromatic carbocycles. The Morgan fingerprint density at radius 3 is 2.89 bits per heavy atom. The molecule has 9 heavy (non-hydrogen) atoms. The lowest BCUT2D eigenvalue weighted by Gasteiger charge is -1.96. The third-order valence-electron chi connectivity index (χ3n) is 1.55. The van der Waals surface area contributed by atoms with Crippen molar-refractivity contribution in [2.24, 2.45) is 5.92 Å². The number of nitrogens with one attached hydrogen (secondary N) is 1. The molecule has 0 radical (unpaired) electrons. The summed E-state index contributed by atoms with van der Waals surface area (Å²) < 4.78 is 0. The van der Waals surface area contributed by atoms with Crippen molar-refractivity contribution in [3.63, 3.8) is 0 Å². The smallest absolute Gasteiger partial charge is 0.217 e. The van der Waals surface area contributed by atoms with E-state index in [4.69, 9.17) is 5.11 Å². The molecule has 0 aromatic heterocycles. The molecule has 1 fully saturated rings. The summed E-state index contributed by atoms with van der Waals surface area (Å²) in [6.07, 6.45) is 0.941. The molecule has 1 saturated carbocycles. The van der Waals surface area contributed by atoms with Crippen LogP contribution in [0.25, 0.3) is 0 Å². The molecule has 0 spiro atoms. The summed E-state index contributed by atoms with van der Waals surface area (Å²) in [7, 11) is 0. The van der Waals surface area contributed by atoms with Crippen LogP contribution in [0.3, 0.4) is 0 Å². The Morgan fingerprint density at radius 1 is 1.89 bits per heavy atom. The van der Waals surface area contributed by atoms with Gasteiger partial charge in [0.25, 0.3) is 0 Å². The van der Waals surface area contributed by atoms with E-state index in [-0.39, 0.29) is 18.6 Å². The van der Waals surface area contributed by atoms with Gasteiger partial charge in [-0.25, -0.2) is 0 Å². The van der Waals surface area contributed by atoms with Gasteiger partial charge in [0.15, 0.2) is 0 Å². The van der Waals surface area contributed by atoms with Crippen molar-refractivity contribution < 1.29 is 9.90 Å². The maximum absolute atomic E-state index is 10.4. The summed E-state index contributed by atoms with van der Waals surface area (Å²) in [5.41, 5.74) is 0. The van der Waals surface area contributed by atoms with E-state index >= 15 is 0 Å². The molecule has 1 rings (SSSR count). The second-order valence-electron chi connectivity index (χ2n) is 2.49. The second-order valence-corrected chi connectivity index (χ2v) is 2.49. The number of carbonyl (C=O) groups excluding carboxylic acids is 1. The minimum Gasteiger partial charge on any atom is -0.396 e. The molecule has 3 heteroatoms. The van der Waals surface area contributed by atoms with E-state index in [1.165, 1.54) is 6.92 Å². The second kappa shape index (κ2) is 2.35. The van der Waals surface area contributed by atoms with Gasteiger partial charge in [-0.3, -0.25) is 4.79 Å². The first-order valence-electron chi connectivity index (χ1n) is 3.12. The minimum absolute atomic E-state index is 0.00375. The van der Waals surface area contributed by atoms with E-state index in [0.29, 0.717) is 5.92 Å². The third-order valence-corrected chi connectivity index (χ3v) is 1.55. The van der Waals surface area contributed by atoms with Crippen molar-refractivity contribution in [1.82, 2.24) is 5.32 Å². The Bertz CT molecular complexity index is 124. The minimum atomic E-state index is -0.00375. The van der Waals surface area contributed by atoms with E-state index in [0.717, 1.165) is 6.42 Å². The lowest BCUT2D eigenvalue weighted by molar-refractivity contribution is -0.119. The third kappa shape index (κ3) is 1.68. The van der Waals surface area contributed by atoms with Crippen molar-refractivity contribution >= 4 is 5.91 Å². The number of carbonyl (C=O) groups is 1. The first-order valence-corrected chi connectivity index (χ1v) is 3.12. The van der Waals surface area contributed by atoms with Crippen molar-refractivity contribution in [2.45, 2.75) is 19.4 Å². The van der Waals surface area contributed by atoms with E-state index in [1.54, 1.807) is 0 Å². The number of hydrogen-bond acceptors (Lipinski definition) is 2. The van der Waals surface area contributed by atoms with Crippen LogP contribution < -0.4 is 5.32 Å². The van der Waals surface area contributed by atoms with Crippen LogP contribution in [0, 0.1) is 5.92 Å². The number of rotatable bonds is 2. The molecule has 0 aliphatic heterocycles. The maximum Gasteiger partial charge on any atom is 0.217 e. The number of amides is 1. The van der Waals surface area contributed by atoms with Crippen LogP contribution >= 0.6 is 0 Å². The highest BCUT2D eigenvalue weighted by Crippen LogP contribution is 2.28. The zero-order valence-electron chi connectivity index (χ0n) is 5.42. The maximum atomic E-state index is 10.4. The first-order chi connectivity index (χ1) is 4.24. The molecule has 2 unspecified atom stereocenters. The Labute approximate surface area is 54.1 Å². The van der Waals surface area contributed by atoms with Gasteiger partial charge in [-0.1, -0.05) is 0 Å². The number of aliphatic hydroxyl groups excluding tert-OH is 1. The van der Waals surface area contributed by atoms with Gasteiger partial charge in [-0.05, 0) is 6.42 Å². The molecule has 2 N–H and O–H groups in total. The Morgan fingerprint density at radius 2 is 2.56 bits per heavy atom. The van der Waals surface area contributed by atoms with Crippen LogP contribution in [0.2, 0.25) is 0 Å². The molecule has 52 valence electrons. The fourth-order valence-electron chi connectivity index (χ4n) is 0.887.